The fourth-order valence-corrected chi connectivity index (χ4v) is 2.76. The van der Waals surface area contributed by atoms with Gasteiger partial charge in [0.1, 0.15) is 26.1 Å². The molecule has 2 amide bonds. The molecule has 2 heterocycles. The van der Waals surface area contributed by atoms with E-state index >= 15 is 0 Å². The monoisotopic (exact) mass is 388 g/mol. The zero-order valence-electron chi connectivity index (χ0n) is 15.2. The molecule has 2 aliphatic rings. The first kappa shape index (κ1) is 19.3. The molecular weight excluding hydrogens is 368 g/mol. The summed E-state index contributed by atoms with van der Waals surface area (Å²) >= 11 is 0. The molecule has 0 unspecified atom stereocenters. The highest BCUT2D eigenvalue weighted by molar-refractivity contribution is 5.95. The van der Waals surface area contributed by atoms with Gasteiger partial charge < -0.3 is 29.6 Å². The summed E-state index contributed by atoms with van der Waals surface area (Å²) in [5, 5.41) is 5.22. The molecule has 2 N–H and O–H groups in total. The Balaban J connectivity index is 1.87. The Labute approximate surface area is 161 Å². The third kappa shape index (κ3) is 4.43. The quantitative estimate of drug-likeness (QED) is 0.706. The molecule has 0 radical (unpaired) electrons. The van der Waals surface area contributed by atoms with Crippen molar-refractivity contribution < 1.29 is 33.3 Å². The number of hydrogen-bond donors (Lipinski definition) is 2. The smallest absolute Gasteiger partial charge is 0.377 e. The highest BCUT2D eigenvalue weighted by Gasteiger charge is 2.34. The second-order valence-electron chi connectivity index (χ2n) is 5.83. The average molecular weight is 388 g/mol. The van der Waals surface area contributed by atoms with Crippen LogP contribution in [0.5, 0.6) is 0 Å². The van der Waals surface area contributed by atoms with Gasteiger partial charge in [-0.1, -0.05) is 30.3 Å². The molecule has 0 aliphatic carbocycles. The molecule has 9 heteroatoms. The van der Waals surface area contributed by atoms with Gasteiger partial charge in [0.15, 0.2) is 0 Å². The lowest BCUT2D eigenvalue weighted by Crippen LogP contribution is -2.47. The molecule has 28 heavy (non-hydrogen) atoms. The summed E-state index contributed by atoms with van der Waals surface area (Å²) in [5.74, 6) is -1.46. The van der Waals surface area contributed by atoms with Crippen LogP contribution in [0.25, 0.3) is 0 Å². The molecule has 0 fully saturated rings. The van der Waals surface area contributed by atoms with Gasteiger partial charge in [-0.3, -0.25) is 0 Å². The number of carbonyl (C=O) groups excluding carboxylic acids is 3. The largest absolute Gasteiger partial charge is 0.493 e. The number of nitrogens with one attached hydrogen (secondary N) is 2. The molecule has 0 spiro atoms. The van der Waals surface area contributed by atoms with E-state index in [-0.39, 0.29) is 36.8 Å². The molecule has 2 aliphatic heterocycles. The predicted molar refractivity (Wildman–Crippen MR) is 95.5 cm³/mol. The lowest BCUT2D eigenvalue weighted by molar-refractivity contribution is -0.144. The van der Waals surface area contributed by atoms with E-state index in [1.807, 2.05) is 6.07 Å². The van der Waals surface area contributed by atoms with Crippen LogP contribution in [-0.2, 0) is 28.5 Å². The molecule has 3 rings (SSSR count). The molecule has 1 aromatic carbocycles. The second-order valence-corrected chi connectivity index (χ2v) is 5.83. The third-order valence-electron chi connectivity index (χ3n) is 3.98. The van der Waals surface area contributed by atoms with Crippen LogP contribution >= 0.6 is 0 Å². The van der Waals surface area contributed by atoms with Gasteiger partial charge in [0.2, 0.25) is 5.76 Å². The van der Waals surface area contributed by atoms with Gasteiger partial charge >= 0.3 is 18.0 Å². The van der Waals surface area contributed by atoms with Gasteiger partial charge in [-0.15, -0.1) is 0 Å². The Bertz CT molecular complexity index is 817. The SMILES string of the molecule is CCOC(=O)C1=C(COC(=O)C2=COCCO2)NC(=O)N[C@H]1c1ccccc1. The van der Waals surface area contributed by atoms with E-state index in [0.717, 1.165) is 0 Å². The van der Waals surface area contributed by atoms with Crippen LogP contribution in [0.2, 0.25) is 0 Å². The molecule has 0 bridgehead atoms. The third-order valence-corrected chi connectivity index (χ3v) is 3.98. The van der Waals surface area contributed by atoms with Crippen LogP contribution in [0.1, 0.15) is 18.5 Å². The van der Waals surface area contributed by atoms with Gasteiger partial charge in [-0.25, -0.2) is 14.4 Å². The van der Waals surface area contributed by atoms with Crippen molar-refractivity contribution in [1.29, 1.82) is 0 Å². The highest BCUT2D eigenvalue weighted by atomic mass is 16.6. The van der Waals surface area contributed by atoms with Crippen molar-refractivity contribution in [1.82, 2.24) is 10.6 Å². The maximum atomic E-state index is 12.6. The number of carbonyl (C=O) groups is 3. The first-order valence-corrected chi connectivity index (χ1v) is 8.74. The number of hydrogen-bond acceptors (Lipinski definition) is 7. The Hall–Kier alpha value is -3.49. The summed E-state index contributed by atoms with van der Waals surface area (Å²) in [5.41, 5.74) is 0.993. The molecule has 1 atom stereocenters. The van der Waals surface area contributed by atoms with E-state index in [1.54, 1.807) is 31.2 Å². The molecule has 0 saturated heterocycles. The number of amides is 2. The zero-order chi connectivity index (χ0) is 19.9. The van der Waals surface area contributed by atoms with Crippen molar-refractivity contribution in [3.8, 4) is 0 Å². The highest BCUT2D eigenvalue weighted by Crippen LogP contribution is 2.28. The van der Waals surface area contributed by atoms with Gasteiger partial charge in [-0.2, -0.15) is 0 Å². The molecule has 0 saturated carbocycles. The lowest BCUT2D eigenvalue weighted by Gasteiger charge is -2.29. The molecule has 9 nitrogen and oxygen atoms in total. The zero-order valence-corrected chi connectivity index (χ0v) is 15.2. The summed E-state index contributed by atoms with van der Waals surface area (Å²) in [6.07, 6.45) is 1.17. The van der Waals surface area contributed by atoms with E-state index in [4.69, 9.17) is 18.9 Å². The maximum Gasteiger partial charge on any atom is 0.377 e. The molecule has 0 aromatic heterocycles. The van der Waals surface area contributed by atoms with Gasteiger partial charge in [0, 0.05) is 0 Å². The standard InChI is InChI=1S/C19H20N2O7/c1-2-26-18(23)15-13(10-28-17(22)14-11-25-8-9-27-14)20-19(24)21-16(15)12-6-4-3-5-7-12/h3-7,11,16H,2,8-10H2,1H3,(H2,20,21,24)/t16-/m0/s1. The van der Waals surface area contributed by atoms with Crippen LogP contribution < -0.4 is 10.6 Å². The van der Waals surface area contributed by atoms with Gasteiger partial charge in [-0.05, 0) is 12.5 Å². The minimum Gasteiger partial charge on any atom is -0.493 e. The number of esters is 2. The minimum absolute atomic E-state index is 0.0793. The summed E-state index contributed by atoms with van der Waals surface area (Å²) < 4.78 is 20.5. The average Bonchev–Trinajstić information content (AvgIpc) is 2.73. The fraction of sp³-hybridized carbons (Fsp3) is 0.316. The van der Waals surface area contributed by atoms with Crippen molar-refractivity contribution in [3.05, 3.63) is 59.2 Å². The Kier molecular flexibility index (Phi) is 6.15. The summed E-state index contributed by atoms with van der Waals surface area (Å²) in [6, 6.07) is 7.69. The molecular formula is C19H20N2O7. The fourth-order valence-electron chi connectivity index (χ4n) is 2.76. The number of urea groups is 1. The number of benzene rings is 1. The van der Waals surface area contributed by atoms with Crippen molar-refractivity contribution in [3.63, 3.8) is 0 Å². The van der Waals surface area contributed by atoms with E-state index in [0.29, 0.717) is 12.2 Å². The van der Waals surface area contributed by atoms with Crippen LogP contribution in [0.3, 0.4) is 0 Å². The van der Waals surface area contributed by atoms with Gasteiger partial charge in [0.25, 0.3) is 0 Å². The van der Waals surface area contributed by atoms with Crippen LogP contribution in [-0.4, -0.2) is 44.4 Å². The van der Waals surface area contributed by atoms with E-state index < -0.39 is 24.0 Å². The van der Waals surface area contributed by atoms with Crippen molar-refractivity contribution in [2.75, 3.05) is 26.4 Å². The normalized spacial score (nSPS) is 18.7. The minimum atomic E-state index is -0.764. The van der Waals surface area contributed by atoms with Crippen molar-refractivity contribution in [2.24, 2.45) is 0 Å². The van der Waals surface area contributed by atoms with E-state index in [1.165, 1.54) is 6.26 Å². The summed E-state index contributed by atoms with van der Waals surface area (Å²) in [7, 11) is 0. The second kappa shape index (κ2) is 8.94. The Morgan fingerprint density at radius 1 is 1.14 bits per heavy atom. The topological polar surface area (TPSA) is 112 Å². The van der Waals surface area contributed by atoms with E-state index in [9.17, 15) is 14.4 Å². The van der Waals surface area contributed by atoms with Crippen molar-refractivity contribution in [2.45, 2.75) is 13.0 Å². The first-order valence-electron chi connectivity index (χ1n) is 8.74. The van der Waals surface area contributed by atoms with Gasteiger partial charge in [0.05, 0.1) is 23.9 Å². The molecule has 148 valence electrons. The van der Waals surface area contributed by atoms with E-state index in [2.05, 4.69) is 10.6 Å². The first-order chi connectivity index (χ1) is 13.6. The summed E-state index contributed by atoms with van der Waals surface area (Å²) in [6.45, 7) is 2.06. The Morgan fingerprint density at radius 2 is 1.93 bits per heavy atom. The maximum absolute atomic E-state index is 12.6. The number of ether oxygens (including phenoxy) is 4. The van der Waals surface area contributed by atoms with Crippen molar-refractivity contribution >= 4 is 18.0 Å². The van der Waals surface area contributed by atoms with Crippen LogP contribution in [0.4, 0.5) is 4.79 Å². The lowest BCUT2D eigenvalue weighted by atomic mass is 9.95. The van der Waals surface area contributed by atoms with Crippen LogP contribution in [0, 0.1) is 0 Å². The Morgan fingerprint density at radius 3 is 2.61 bits per heavy atom. The number of rotatable bonds is 6. The van der Waals surface area contributed by atoms with Crippen LogP contribution in [0.15, 0.2) is 53.6 Å². The summed E-state index contributed by atoms with van der Waals surface area (Å²) in [4.78, 5) is 36.8. The molecule has 1 aromatic rings. The predicted octanol–water partition coefficient (Wildman–Crippen LogP) is 1.29.